The van der Waals surface area contributed by atoms with E-state index in [0.717, 1.165) is 80.9 Å². The van der Waals surface area contributed by atoms with Gasteiger partial charge in [-0.3, -0.25) is 0 Å². The van der Waals surface area contributed by atoms with Crippen LogP contribution in [0.2, 0.25) is 0 Å². The van der Waals surface area contributed by atoms with Crippen LogP contribution in [0.4, 0.5) is 34.1 Å². The number of pyridine rings is 1. The van der Waals surface area contributed by atoms with E-state index in [2.05, 4.69) is 114 Å². The first kappa shape index (κ1) is 35.5. The summed E-state index contributed by atoms with van der Waals surface area (Å²) in [6.45, 7) is 5.76. The summed E-state index contributed by atoms with van der Waals surface area (Å²) in [4.78, 5) is 4.13. The molecule has 0 radical (unpaired) electrons. The van der Waals surface area contributed by atoms with Crippen molar-refractivity contribution in [2.45, 2.75) is 6.54 Å². The standard InChI is InChI=1S/C39H43N8S2/c1-6-11-37(43-41-30-16-20-32(21-17-30)45(2)3)34-12-7-9-14-36(34)40-25-28-48-49-29-27-47-26-24-38(35-13-8-10-15-39(35)47)44-42-31-18-22-33(23-19-31)46(4)5/h6-24,26,40H,1,25,27-29H2,2-5H3/q+1/p+1/b37-11+,43-41?. The molecule has 250 valence electrons. The molecular weight excluding hydrogens is 645 g/mol. The Morgan fingerprint density at radius 1 is 0.735 bits per heavy atom. The van der Waals surface area contributed by atoms with Crippen molar-refractivity contribution in [1.29, 1.82) is 0 Å². The Morgan fingerprint density at radius 3 is 2.06 bits per heavy atom. The summed E-state index contributed by atoms with van der Waals surface area (Å²) >= 11 is 0. The highest BCUT2D eigenvalue weighted by atomic mass is 33.1. The Labute approximate surface area is 297 Å². The molecule has 2 N–H and O–H groups in total. The van der Waals surface area contributed by atoms with Crippen molar-refractivity contribution in [3.05, 3.63) is 134 Å². The Morgan fingerprint density at radius 2 is 1.37 bits per heavy atom. The number of rotatable bonds is 16. The second-order valence-electron chi connectivity index (χ2n) is 11.6. The van der Waals surface area contributed by atoms with Crippen molar-refractivity contribution < 1.29 is 9.88 Å². The van der Waals surface area contributed by atoms with Crippen LogP contribution in [0.5, 0.6) is 0 Å². The number of nitrogens with zero attached hydrogens (tertiary/aromatic N) is 7. The average Bonchev–Trinajstić information content (AvgIpc) is 3.13. The molecule has 0 saturated heterocycles. The zero-order valence-electron chi connectivity index (χ0n) is 28.6. The fourth-order valence-corrected chi connectivity index (χ4v) is 7.06. The molecule has 1 heterocycles. The number of azo groups is 2. The fourth-order valence-electron chi connectivity index (χ4n) is 5.12. The smallest absolute Gasteiger partial charge is 0.214 e. The van der Waals surface area contributed by atoms with Crippen molar-refractivity contribution in [3.63, 3.8) is 0 Å². The van der Waals surface area contributed by atoms with E-state index in [-0.39, 0.29) is 0 Å². The molecule has 0 aliphatic rings. The number of anilines is 2. The van der Waals surface area contributed by atoms with Crippen LogP contribution in [0.15, 0.2) is 149 Å². The van der Waals surface area contributed by atoms with Gasteiger partial charge in [-0.15, -0.1) is 10.2 Å². The molecule has 0 aliphatic heterocycles. The summed E-state index contributed by atoms with van der Waals surface area (Å²) in [6, 6.07) is 34.9. The van der Waals surface area contributed by atoms with Crippen molar-refractivity contribution in [2.75, 3.05) is 56.0 Å². The van der Waals surface area contributed by atoms with Crippen molar-refractivity contribution in [2.24, 2.45) is 20.5 Å². The number of fused-ring (bicyclic) bond motifs is 1. The van der Waals surface area contributed by atoms with Crippen LogP contribution in [0.1, 0.15) is 5.56 Å². The van der Waals surface area contributed by atoms with Gasteiger partial charge in [-0.1, -0.05) is 58.5 Å². The molecule has 0 spiro atoms. The van der Waals surface area contributed by atoms with E-state index in [4.69, 9.17) is 0 Å². The van der Waals surface area contributed by atoms with Gasteiger partial charge in [0, 0.05) is 51.7 Å². The van der Waals surface area contributed by atoms with Gasteiger partial charge in [0.05, 0.1) is 46.1 Å². The first-order chi connectivity index (χ1) is 23.9. The van der Waals surface area contributed by atoms with Gasteiger partial charge in [-0.25, -0.2) is 0 Å². The van der Waals surface area contributed by atoms with Crippen LogP contribution in [0.3, 0.4) is 0 Å². The van der Waals surface area contributed by atoms with Gasteiger partial charge < -0.3 is 15.1 Å². The zero-order chi connectivity index (χ0) is 34.4. The summed E-state index contributed by atoms with van der Waals surface area (Å²) in [7, 11) is 11.9. The number of aromatic nitrogens is 1. The van der Waals surface area contributed by atoms with Crippen LogP contribution in [-0.4, -0.2) is 46.2 Å². The monoisotopic (exact) mass is 688 g/mol. The quantitative estimate of drug-likeness (QED) is 0.0280. The van der Waals surface area contributed by atoms with E-state index >= 15 is 0 Å². The summed E-state index contributed by atoms with van der Waals surface area (Å²) in [5, 5.41) is 21.6. The van der Waals surface area contributed by atoms with Gasteiger partial charge in [0.15, 0.2) is 12.7 Å². The predicted octanol–water partition coefficient (Wildman–Crippen LogP) is 9.26. The molecule has 8 nitrogen and oxygen atoms in total. The molecule has 0 unspecified atom stereocenters. The highest BCUT2D eigenvalue weighted by molar-refractivity contribution is 8.76. The molecule has 0 saturated carbocycles. The number of para-hydroxylation sites is 2. The topological polar surface area (TPSA) is 76.4 Å². The van der Waals surface area contributed by atoms with E-state index < -0.39 is 0 Å². The van der Waals surface area contributed by atoms with Crippen LogP contribution in [0.25, 0.3) is 16.6 Å². The summed E-state index contributed by atoms with van der Waals surface area (Å²) in [6.07, 6.45) is 5.79. The molecule has 0 atom stereocenters. The van der Waals surface area contributed by atoms with Gasteiger partial charge in [0.1, 0.15) is 11.4 Å². The second kappa shape index (κ2) is 18.1. The molecule has 0 aliphatic carbocycles. The largest absolute Gasteiger partial charge is 0.378 e. The summed E-state index contributed by atoms with van der Waals surface area (Å²) < 4.78 is 2.30. The Kier molecular flexibility index (Phi) is 13.1. The van der Waals surface area contributed by atoms with Crippen molar-refractivity contribution in [3.8, 4) is 0 Å². The number of hydrogen-bond donors (Lipinski definition) is 1. The first-order valence-electron chi connectivity index (χ1n) is 16.2. The molecule has 5 rings (SSSR count). The Balaban J connectivity index is 1.12. The maximum Gasteiger partial charge on any atom is 0.214 e. The molecule has 4 aromatic carbocycles. The average molecular weight is 689 g/mol. The molecule has 1 aromatic heterocycles. The lowest BCUT2D eigenvalue weighted by Gasteiger charge is -2.11. The normalized spacial score (nSPS) is 11.9. The van der Waals surface area contributed by atoms with E-state index in [9.17, 15) is 0 Å². The number of nitrogens with two attached hydrogens (primary N) is 1. The van der Waals surface area contributed by atoms with E-state index in [0.29, 0.717) is 0 Å². The molecular formula is C39H44N8S2+2. The van der Waals surface area contributed by atoms with E-state index in [1.807, 2.05) is 98.3 Å². The van der Waals surface area contributed by atoms with Crippen LogP contribution >= 0.6 is 21.6 Å². The summed E-state index contributed by atoms with van der Waals surface area (Å²) in [5.74, 6) is 2.01. The van der Waals surface area contributed by atoms with E-state index in [1.165, 1.54) is 0 Å². The molecule has 0 bridgehead atoms. The lowest BCUT2D eigenvalue weighted by molar-refractivity contribution is -0.666. The lowest BCUT2D eigenvalue weighted by Crippen LogP contribution is -2.79. The third-order valence-electron chi connectivity index (χ3n) is 7.76. The lowest BCUT2D eigenvalue weighted by atomic mass is 10.1. The Bertz CT molecular complexity index is 1920. The number of allylic oxidation sites excluding steroid dienone is 2. The molecule has 5 aromatic rings. The van der Waals surface area contributed by atoms with Crippen LogP contribution < -0.4 is 19.7 Å². The Hall–Kier alpha value is -4.77. The maximum atomic E-state index is 4.60. The first-order valence-corrected chi connectivity index (χ1v) is 18.7. The van der Waals surface area contributed by atoms with Crippen LogP contribution in [-0.2, 0) is 6.54 Å². The predicted molar refractivity (Wildman–Crippen MR) is 210 cm³/mol. The number of quaternary nitrogens is 1. The van der Waals surface area contributed by atoms with Crippen LogP contribution in [0, 0.1) is 0 Å². The minimum Gasteiger partial charge on any atom is -0.378 e. The highest BCUT2D eigenvalue weighted by Gasteiger charge is 2.13. The van der Waals surface area contributed by atoms with E-state index in [1.54, 1.807) is 6.08 Å². The van der Waals surface area contributed by atoms with Gasteiger partial charge in [-0.2, -0.15) is 14.8 Å². The fraction of sp³-hybridized carbons (Fsp3) is 0.205. The number of aryl methyl sites for hydroxylation is 1. The third-order valence-corrected chi connectivity index (χ3v) is 10.2. The zero-order valence-corrected chi connectivity index (χ0v) is 30.2. The van der Waals surface area contributed by atoms with Crippen molar-refractivity contribution >= 4 is 72.3 Å². The van der Waals surface area contributed by atoms with Gasteiger partial charge in [0.2, 0.25) is 5.52 Å². The van der Waals surface area contributed by atoms with Gasteiger partial charge >= 0.3 is 0 Å². The minimum atomic E-state index is 0.788. The molecule has 0 amide bonds. The third kappa shape index (κ3) is 10.1. The molecule has 0 fully saturated rings. The minimum absolute atomic E-state index is 0.788. The van der Waals surface area contributed by atoms with Crippen molar-refractivity contribution in [1.82, 2.24) is 0 Å². The SMILES string of the molecule is C=C/C=C(/N=Nc1ccc(N(C)C)cc1)c1ccccc1[NH2+]CCSSCC[n+]1ccc(N=Nc2ccc(N(C)C)cc2)c2ccccc21. The van der Waals surface area contributed by atoms with Gasteiger partial charge in [0.25, 0.3) is 0 Å². The second-order valence-corrected chi connectivity index (χ2v) is 14.3. The number of benzene rings is 4. The number of hydrogen-bond acceptors (Lipinski definition) is 8. The molecule has 10 heteroatoms. The summed E-state index contributed by atoms with van der Waals surface area (Å²) in [5.41, 5.74) is 8.91. The molecule has 49 heavy (non-hydrogen) atoms. The maximum absolute atomic E-state index is 4.60. The highest BCUT2D eigenvalue weighted by Crippen LogP contribution is 2.28. The van der Waals surface area contributed by atoms with Gasteiger partial charge in [-0.05, 0) is 72.8 Å².